The second-order valence-electron chi connectivity index (χ2n) is 27.0. The highest BCUT2D eigenvalue weighted by atomic mass is 31.2. The molecule has 0 aromatic heterocycles. The van der Waals surface area contributed by atoms with Crippen molar-refractivity contribution in [2.45, 2.75) is 406 Å². The second kappa shape index (κ2) is 71.0. The van der Waals surface area contributed by atoms with Crippen molar-refractivity contribution < 1.29 is 80.2 Å². The number of esters is 4. The van der Waals surface area contributed by atoms with Crippen molar-refractivity contribution in [3.05, 3.63) is 24.3 Å². The Morgan fingerprint density at radius 3 is 0.729 bits per heavy atom. The minimum Gasteiger partial charge on any atom is -0.462 e. The number of hydrogen-bond acceptors (Lipinski definition) is 15. The molecule has 0 fully saturated rings. The van der Waals surface area contributed by atoms with Gasteiger partial charge in [-0.3, -0.25) is 37.3 Å². The average molecular weight is 1410 g/mol. The number of rotatable bonds is 76. The molecule has 2 unspecified atom stereocenters. The van der Waals surface area contributed by atoms with E-state index in [1.54, 1.807) is 0 Å². The van der Waals surface area contributed by atoms with Crippen LogP contribution in [0.3, 0.4) is 0 Å². The van der Waals surface area contributed by atoms with Crippen LogP contribution in [0.15, 0.2) is 24.3 Å². The minimum atomic E-state index is -4.96. The zero-order chi connectivity index (χ0) is 70.4. The van der Waals surface area contributed by atoms with Crippen molar-refractivity contribution in [3.63, 3.8) is 0 Å². The summed E-state index contributed by atoms with van der Waals surface area (Å²) in [5.41, 5.74) is 0. The quantitative estimate of drug-likeness (QED) is 0.0169. The molecule has 0 aromatic rings. The molecule has 96 heavy (non-hydrogen) atoms. The van der Waals surface area contributed by atoms with E-state index in [0.29, 0.717) is 25.7 Å². The lowest BCUT2D eigenvalue weighted by Crippen LogP contribution is -2.30. The molecule has 0 aliphatic heterocycles. The number of hydrogen-bond donors (Lipinski definition) is 3. The van der Waals surface area contributed by atoms with Crippen LogP contribution in [-0.4, -0.2) is 96.7 Å². The van der Waals surface area contributed by atoms with Gasteiger partial charge in [0, 0.05) is 25.7 Å². The number of allylic oxidation sites excluding steroid dienone is 4. The standard InChI is InChI=1S/C77H146O17P2/c1-5-9-13-17-21-25-29-33-35-39-41-45-49-53-57-61-74(79)87-67-72(93-76(81)63-59-55-51-47-43-37-31-27-23-19-15-11-7-3)69-91-95(83,84)89-65-71(78)66-90-96(85,86)92-70-73(94-77(82)64-60-56-52-48-44-38-32-28-24-20-16-12-8-4)68-88-75(80)62-58-54-50-46-42-40-36-34-30-26-22-18-14-10-6-2/h27-28,31-32,71-73,78H,5-26,29-30,33-70H2,1-4H3,(H,83,84)(H,85,86)/b31-27-,32-28-/t72-,73-/m1/s1. The monoisotopic (exact) mass is 1410 g/mol. The number of phosphoric ester groups is 2. The van der Waals surface area contributed by atoms with E-state index in [4.69, 9.17) is 37.0 Å². The molecule has 0 heterocycles. The van der Waals surface area contributed by atoms with Gasteiger partial charge < -0.3 is 33.8 Å². The molecule has 566 valence electrons. The predicted octanol–water partition coefficient (Wildman–Crippen LogP) is 22.6. The molecule has 0 radical (unpaired) electrons. The molecule has 0 saturated heterocycles. The van der Waals surface area contributed by atoms with Crippen LogP contribution in [0.1, 0.15) is 387 Å². The first-order valence-electron chi connectivity index (χ1n) is 39.6. The lowest BCUT2D eigenvalue weighted by molar-refractivity contribution is -0.161. The Hall–Kier alpha value is -2.46. The van der Waals surface area contributed by atoms with Crippen molar-refractivity contribution in [2.75, 3.05) is 39.6 Å². The second-order valence-corrected chi connectivity index (χ2v) is 29.9. The van der Waals surface area contributed by atoms with E-state index < -0.39 is 97.5 Å². The zero-order valence-corrected chi connectivity index (χ0v) is 63.6. The third-order valence-corrected chi connectivity index (χ3v) is 19.3. The molecule has 0 bridgehead atoms. The highest BCUT2D eigenvalue weighted by Gasteiger charge is 2.30. The lowest BCUT2D eigenvalue weighted by atomic mass is 10.0. The van der Waals surface area contributed by atoms with Gasteiger partial charge in [0.1, 0.15) is 19.3 Å². The molecule has 4 atom stereocenters. The van der Waals surface area contributed by atoms with Crippen LogP contribution in [0.4, 0.5) is 0 Å². The van der Waals surface area contributed by atoms with Crippen LogP contribution < -0.4 is 0 Å². The van der Waals surface area contributed by atoms with Crippen LogP contribution in [0.5, 0.6) is 0 Å². The minimum absolute atomic E-state index is 0.0934. The Kier molecular flexibility index (Phi) is 69.1. The summed E-state index contributed by atoms with van der Waals surface area (Å²) in [6.07, 6.45) is 64.4. The number of carbonyl (C=O) groups excluding carboxylic acids is 4. The van der Waals surface area contributed by atoms with Gasteiger partial charge in [0.25, 0.3) is 0 Å². The van der Waals surface area contributed by atoms with Crippen LogP contribution in [0.2, 0.25) is 0 Å². The summed E-state index contributed by atoms with van der Waals surface area (Å²) in [5.74, 6) is -2.14. The number of unbranched alkanes of at least 4 members (excludes halogenated alkanes) is 46. The highest BCUT2D eigenvalue weighted by Crippen LogP contribution is 2.45. The molecule has 0 aromatic carbocycles. The number of aliphatic hydroxyl groups is 1. The van der Waals surface area contributed by atoms with Gasteiger partial charge in [0.2, 0.25) is 0 Å². The topological polar surface area (TPSA) is 237 Å². The van der Waals surface area contributed by atoms with Gasteiger partial charge in [-0.15, -0.1) is 0 Å². The van der Waals surface area contributed by atoms with Gasteiger partial charge in [-0.25, -0.2) is 9.13 Å². The van der Waals surface area contributed by atoms with Gasteiger partial charge in [-0.05, 0) is 77.0 Å². The average Bonchev–Trinajstić information content (AvgIpc) is 1.15. The summed E-state index contributed by atoms with van der Waals surface area (Å²) in [4.78, 5) is 72.9. The van der Waals surface area contributed by atoms with Crippen LogP contribution in [0, 0.1) is 0 Å². The van der Waals surface area contributed by atoms with Gasteiger partial charge in [-0.2, -0.15) is 0 Å². The fourth-order valence-electron chi connectivity index (χ4n) is 11.3. The normalized spacial score (nSPS) is 14.0. The third-order valence-electron chi connectivity index (χ3n) is 17.4. The smallest absolute Gasteiger partial charge is 0.462 e. The van der Waals surface area contributed by atoms with Crippen molar-refractivity contribution in [1.82, 2.24) is 0 Å². The van der Waals surface area contributed by atoms with Crippen LogP contribution in [-0.2, 0) is 65.4 Å². The Morgan fingerprint density at radius 1 is 0.281 bits per heavy atom. The number of phosphoric acid groups is 2. The fourth-order valence-corrected chi connectivity index (χ4v) is 12.9. The van der Waals surface area contributed by atoms with E-state index >= 15 is 0 Å². The van der Waals surface area contributed by atoms with E-state index in [-0.39, 0.29) is 25.7 Å². The third kappa shape index (κ3) is 70.0. The summed E-state index contributed by atoms with van der Waals surface area (Å²) in [7, 11) is -9.92. The first-order valence-corrected chi connectivity index (χ1v) is 42.6. The predicted molar refractivity (Wildman–Crippen MR) is 391 cm³/mol. The molecule has 0 saturated carbocycles. The first-order chi connectivity index (χ1) is 46.7. The van der Waals surface area contributed by atoms with Crippen LogP contribution in [0.25, 0.3) is 0 Å². The molecule has 0 aliphatic carbocycles. The van der Waals surface area contributed by atoms with Crippen molar-refractivity contribution >= 4 is 39.5 Å². The van der Waals surface area contributed by atoms with Gasteiger partial charge in [0.05, 0.1) is 26.4 Å². The van der Waals surface area contributed by atoms with E-state index in [9.17, 15) is 43.2 Å². The lowest BCUT2D eigenvalue weighted by Gasteiger charge is -2.21. The van der Waals surface area contributed by atoms with Crippen molar-refractivity contribution in [2.24, 2.45) is 0 Å². The van der Waals surface area contributed by atoms with Gasteiger partial charge in [-0.1, -0.05) is 309 Å². The molecule has 0 spiro atoms. The van der Waals surface area contributed by atoms with E-state index in [2.05, 4.69) is 52.0 Å². The molecular weight excluding hydrogens is 1260 g/mol. The van der Waals surface area contributed by atoms with Gasteiger partial charge in [0.15, 0.2) is 12.2 Å². The molecule has 3 N–H and O–H groups in total. The van der Waals surface area contributed by atoms with E-state index in [1.807, 2.05) is 0 Å². The molecule has 17 nitrogen and oxygen atoms in total. The van der Waals surface area contributed by atoms with Crippen LogP contribution >= 0.6 is 15.6 Å². The number of aliphatic hydroxyl groups excluding tert-OH is 1. The highest BCUT2D eigenvalue weighted by molar-refractivity contribution is 7.47. The van der Waals surface area contributed by atoms with E-state index in [1.165, 1.54) is 193 Å². The fraction of sp³-hybridized carbons (Fsp3) is 0.896. The summed E-state index contributed by atoms with van der Waals surface area (Å²) in [5, 5.41) is 10.6. The largest absolute Gasteiger partial charge is 0.472 e. The first kappa shape index (κ1) is 93.5. The number of carbonyl (C=O) groups is 4. The Bertz CT molecular complexity index is 1790. The number of ether oxygens (including phenoxy) is 4. The summed E-state index contributed by atoms with van der Waals surface area (Å²) < 4.78 is 68.5. The maximum absolute atomic E-state index is 13.1. The van der Waals surface area contributed by atoms with E-state index in [0.717, 1.165) is 116 Å². The maximum Gasteiger partial charge on any atom is 0.472 e. The van der Waals surface area contributed by atoms with Crippen molar-refractivity contribution in [1.29, 1.82) is 0 Å². The van der Waals surface area contributed by atoms with Crippen molar-refractivity contribution in [3.8, 4) is 0 Å². The summed E-state index contributed by atoms with van der Waals surface area (Å²) >= 11 is 0. The summed E-state index contributed by atoms with van der Waals surface area (Å²) in [6.45, 7) is 4.93. The molecular formula is C77H146O17P2. The maximum atomic E-state index is 13.1. The Labute approximate surface area is 586 Å². The zero-order valence-electron chi connectivity index (χ0n) is 61.8. The molecule has 0 aliphatic rings. The molecule has 0 amide bonds. The Morgan fingerprint density at radius 2 is 0.479 bits per heavy atom. The summed E-state index contributed by atoms with van der Waals surface area (Å²) in [6, 6.07) is 0. The molecule has 0 rings (SSSR count). The SMILES string of the molecule is CCCCCC/C=C\CCCCCCCC(=O)O[C@H](COC(=O)CCCCCCCCCCCCCCCCC)COP(=O)(O)OCC(O)COP(=O)(O)OC[C@@H](COC(=O)CCCCCCCCCCCCCCCCC)OC(=O)CCCCCCC/C=C\CCCCCC. The molecule has 19 heteroatoms. The van der Waals surface area contributed by atoms with Gasteiger partial charge >= 0.3 is 39.5 Å². The Balaban J connectivity index is 5.28.